The lowest BCUT2D eigenvalue weighted by atomic mass is 9.74. The van der Waals surface area contributed by atoms with E-state index in [1.165, 1.54) is 22.7 Å². The van der Waals surface area contributed by atoms with Gasteiger partial charge in [0, 0.05) is 46.2 Å². The number of nitrogens with one attached hydrogen (secondary N) is 4. The first-order chi connectivity index (χ1) is 20.4. The van der Waals surface area contributed by atoms with Gasteiger partial charge in [-0.25, -0.2) is 15.0 Å². The van der Waals surface area contributed by atoms with Crippen LogP contribution in [-0.2, 0) is 5.54 Å². The monoisotopic (exact) mass is 579 g/mol. The first-order valence-corrected chi connectivity index (χ1v) is 14.0. The second-order valence-electron chi connectivity index (χ2n) is 8.76. The number of aromatic nitrogens is 12. The van der Waals surface area contributed by atoms with E-state index in [0.717, 1.165) is 15.5 Å². The molecule has 0 radical (unpaired) electrons. The molecule has 1 unspecified atom stereocenters. The van der Waals surface area contributed by atoms with Gasteiger partial charge in [-0.1, -0.05) is 11.3 Å². The fraction of sp³-hybridized carbons (Fsp3) is 0.0400. The highest BCUT2D eigenvalue weighted by molar-refractivity contribution is 7.11. The van der Waals surface area contributed by atoms with Crippen LogP contribution in [-0.4, -0.2) is 61.0 Å². The Balaban J connectivity index is 1.66. The molecule has 0 aliphatic carbocycles. The molecule has 7 aromatic rings. The van der Waals surface area contributed by atoms with Gasteiger partial charge >= 0.3 is 0 Å². The number of rotatable bonds is 7. The molecule has 41 heavy (non-hydrogen) atoms. The first kappa shape index (κ1) is 23.4. The lowest BCUT2D eigenvalue weighted by Crippen LogP contribution is -2.50. The minimum absolute atomic E-state index is 0.359. The molecule has 0 aromatic carbocycles. The topological polar surface area (TPSA) is 183 Å². The molecule has 0 spiro atoms. The third-order valence-electron chi connectivity index (χ3n) is 6.71. The van der Waals surface area contributed by atoms with Crippen LogP contribution in [0.3, 0.4) is 0 Å². The van der Waals surface area contributed by atoms with Gasteiger partial charge < -0.3 is 14.4 Å². The molecule has 16 heteroatoms. The van der Waals surface area contributed by atoms with Gasteiger partial charge in [0.2, 0.25) is 11.7 Å². The molecule has 200 valence electrons. The number of aromatic amines is 4. The Morgan fingerprint density at radius 3 is 2.54 bits per heavy atom. The van der Waals surface area contributed by atoms with Gasteiger partial charge in [0.1, 0.15) is 34.3 Å². The summed E-state index contributed by atoms with van der Waals surface area (Å²) < 4.78 is 6.05. The first-order valence-electron chi connectivity index (χ1n) is 12.2. The zero-order chi connectivity index (χ0) is 27.2. The molecule has 0 bridgehead atoms. The number of imidazole rings is 1. The van der Waals surface area contributed by atoms with E-state index in [9.17, 15) is 0 Å². The third-order valence-corrected chi connectivity index (χ3v) is 8.48. The Bertz CT molecular complexity index is 1880. The Hall–Kier alpha value is -5.48. The lowest BCUT2D eigenvalue weighted by Gasteiger charge is -2.47. The number of anilines is 1. The van der Waals surface area contributed by atoms with Crippen molar-refractivity contribution in [2.75, 3.05) is 4.90 Å². The lowest BCUT2D eigenvalue weighted by molar-refractivity contribution is 0.529. The zero-order valence-corrected chi connectivity index (χ0v) is 22.4. The van der Waals surface area contributed by atoms with Gasteiger partial charge in [0.25, 0.3) is 0 Å². The summed E-state index contributed by atoms with van der Waals surface area (Å²) in [5.74, 6) is 2.01. The van der Waals surface area contributed by atoms with Gasteiger partial charge in [-0.15, -0.1) is 32.9 Å². The van der Waals surface area contributed by atoms with E-state index in [-0.39, 0.29) is 0 Å². The van der Waals surface area contributed by atoms with Crippen molar-refractivity contribution in [1.29, 1.82) is 0 Å². The number of allylic oxidation sites excluding steroid dienone is 2. The standard InChI is InChI=1S/C25H17N13OS2/c1-4-16(26-5-1)38-20(22-29-8-10-39-22)18(23-30-9-12-41-23)17(21-27-6-7-28-21)19(14-13-31-35-32-14)25(38,15-3-2-11-40-15)24-33-36-37-34-24/h1-13,26H,(H,27,28)(H,31,32,35)(H,33,34,36,37). The number of tetrazole rings is 1. The van der Waals surface area contributed by atoms with Crippen molar-refractivity contribution in [3.63, 3.8) is 0 Å². The number of hydrogen-bond acceptors (Lipinski definition) is 12. The second-order valence-corrected chi connectivity index (χ2v) is 10.6. The van der Waals surface area contributed by atoms with E-state index < -0.39 is 5.54 Å². The summed E-state index contributed by atoms with van der Waals surface area (Å²) in [6.45, 7) is 0. The predicted molar refractivity (Wildman–Crippen MR) is 150 cm³/mol. The summed E-state index contributed by atoms with van der Waals surface area (Å²) in [5.41, 5.74) is 2.01. The van der Waals surface area contributed by atoms with E-state index in [1.807, 2.05) is 41.2 Å². The molecule has 0 fully saturated rings. The van der Waals surface area contributed by atoms with Crippen LogP contribution in [0.2, 0.25) is 0 Å². The number of hydrogen-bond donors (Lipinski definition) is 4. The summed E-state index contributed by atoms with van der Waals surface area (Å²) >= 11 is 3.02. The van der Waals surface area contributed by atoms with Crippen LogP contribution in [0.25, 0.3) is 22.4 Å². The molecule has 0 amide bonds. The van der Waals surface area contributed by atoms with Crippen molar-refractivity contribution in [3.05, 3.63) is 112 Å². The van der Waals surface area contributed by atoms with Crippen LogP contribution < -0.4 is 4.90 Å². The van der Waals surface area contributed by atoms with Crippen molar-refractivity contribution in [2.45, 2.75) is 5.54 Å². The highest BCUT2D eigenvalue weighted by Crippen LogP contribution is 2.60. The minimum Gasteiger partial charge on any atom is -0.443 e. The smallest absolute Gasteiger partial charge is 0.243 e. The molecule has 8 heterocycles. The van der Waals surface area contributed by atoms with Crippen molar-refractivity contribution >= 4 is 50.9 Å². The SMILES string of the molecule is c1c[nH]c(N2C(c3ncco3)=C(c3nccs3)C(c3ncc[nH]3)=C(c3cn[nH]n3)C2(c2nn[nH]n2)c2cccs2)c1. The average molecular weight is 580 g/mol. The molecular weight excluding hydrogens is 562 g/mol. The molecule has 4 N–H and O–H groups in total. The Morgan fingerprint density at radius 2 is 1.88 bits per heavy atom. The Labute approximate surface area is 237 Å². The van der Waals surface area contributed by atoms with Crippen molar-refractivity contribution < 1.29 is 4.42 Å². The molecule has 1 atom stereocenters. The van der Waals surface area contributed by atoms with Crippen molar-refractivity contribution in [3.8, 4) is 0 Å². The largest absolute Gasteiger partial charge is 0.443 e. The average Bonchev–Trinajstić information content (AvgIpc) is 3.87. The summed E-state index contributed by atoms with van der Waals surface area (Å²) in [4.78, 5) is 23.8. The van der Waals surface area contributed by atoms with E-state index in [4.69, 9.17) is 14.4 Å². The fourth-order valence-corrected chi connectivity index (χ4v) is 6.91. The maximum atomic E-state index is 6.05. The van der Waals surface area contributed by atoms with Crippen LogP contribution in [0.4, 0.5) is 5.82 Å². The minimum atomic E-state index is -1.27. The number of thiophene rings is 1. The number of nitrogens with zero attached hydrogens (tertiary/aromatic N) is 9. The molecule has 0 saturated carbocycles. The quantitative estimate of drug-likeness (QED) is 0.217. The van der Waals surface area contributed by atoms with Crippen molar-refractivity contribution in [2.24, 2.45) is 0 Å². The van der Waals surface area contributed by atoms with Gasteiger partial charge in [-0.05, 0) is 23.6 Å². The van der Waals surface area contributed by atoms with Gasteiger partial charge in [0.15, 0.2) is 5.54 Å². The third kappa shape index (κ3) is 3.41. The Kier molecular flexibility index (Phi) is 5.32. The molecule has 0 saturated heterocycles. The van der Waals surface area contributed by atoms with Crippen LogP contribution in [0.15, 0.2) is 82.9 Å². The molecule has 1 aliphatic heterocycles. The maximum Gasteiger partial charge on any atom is 0.243 e. The maximum absolute atomic E-state index is 6.05. The molecule has 1 aliphatic rings. The van der Waals surface area contributed by atoms with Gasteiger partial charge in [-0.2, -0.15) is 20.6 Å². The van der Waals surface area contributed by atoms with Crippen LogP contribution >= 0.6 is 22.7 Å². The normalized spacial score (nSPS) is 17.6. The Morgan fingerprint density at radius 1 is 0.878 bits per heavy atom. The summed E-state index contributed by atoms with van der Waals surface area (Å²) in [6.07, 6.45) is 11.9. The van der Waals surface area contributed by atoms with E-state index in [1.54, 1.807) is 37.2 Å². The van der Waals surface area contributed by atoms with E-state index >= 15 is 0 Å². The molecule has 7 aromatic heterocycles. The molecule has 8 rings (SSSR count). The van der Waals surface area contributed by atoms with Gasteiger partial charge in [-0.3, -0.25) is 4.90 Å². The molecule has 14 nitrogen and oxygen atoms in total. The number of H-pyrrole nitrogens is 4. The number of oxazole rings is 1. The molecular formula is C25H17N13OS2. The van der Waals surface area contributed by atoms with Gasteiger partial charge in [0.05, 0.1) is 18.0 Å². The summed E-state index contributed by atoms with van der Waals surface area (Å²) in [5, 5.41) is 32.1. The fourth-order valence-electron chi connectivity index (χ4n) is 5.30. The highest BCUT2D eigenvalue weighted by atomic mass is 32.1. The summed E-state index contributed by atoms with van der Waals surface area (Å²) in [6, 6.07) is 7.89. The van der Waals surface area contributed by atoms with Crippen molar-refractivity contribution in [1.82, 2.24) is 61.0 Å². The second kappa shape index (κ2) is 9.32. The van der Waals surface area contributed by atoms with Crippen LogP contribution in [0.5, 0.6) is 0 Å². The van der Waals surface area contributed by atoms with Crippen LogP contribution in [0, 0.1) is 0 Å². The number of thiazole rings is 1. The predicted octanol–water partition coefficient (Wildman–Crippen LogP) is 3.82. The summed E-state index contributed by atoms with van der Waals surface area (Å²) in [7, 11) is 0. The highest BCUT2D eigenvalue weighted by Gasteiger charge is 2.57. The van der Waals surface area contributed by atoms with E-state index in [0.29, 0.717) is 45.9 Å². The zero-order valence-electron chi connectivity index (χ0n) is 20.8. The van der Waals surface area contributed by atoms with E-state index in [2.05, 4.69) is 55.9 Å². The van der Waals surface area contributed by atoms with Crippen LogP contribution in [0.1, 0.15) is 33.1 Å².